The molecule has 0 spiro atoms. The first-order valence-electron chi connectivity index (χ1n) is 7.12. The molecule has 2 heterocycles. The molecule has 0 bridgehead atoms. The fourth-order valence-corrected chi connectivity index (χ4v) is 3.61. The Balaban J connectivity index is 1.84. The third kappa shape index (κ3) is 2.16. The second-order valence-electron chi connectivity index (χ2n) is 5.34. The average Bonchev–Trinajstić information content (AvgIpc) is 2.53. The van der Waals surface area contributed by atoms with Crippen LogP contribution >= 0.6 is 11.8 Å². The van der Waals surface area contributed by atoms with Gasteiger partial charge in [0.25, 0.3) is 0 Å². The Morgan fingerprint density at radius 1 is 1.09 bits per heavy atom. The zero-order chi connectivity index (χ0) is 15.1. The number of para-hydroxylation sites is 1. The molecule has 0 unspecified atom stereocenters. The van der Waals surface area contributed by atoms with Crippen LogP contribution in [0.5, 0.6) is 11.5 Å². The first kappa shape index (κ1) is 13.3. The molecule has 1 aliphatic heterocycles. The molecule has 1 aromatic heterocycles. The highest BCUT2D eigenvalue weighted by atomic mass is 32.2. The highest BCUT2D eigenvalue weighted by Crippen LogP contribution is 2.48. The van der Waals surface area contributed by atoms with E-state index in [-0.39, 0.29) is 0 Å². The maximum Gasteiger partial charge on any atom is 0.231 e. The lowest BCUT2D eigenvalue weighted by atomic mass is 10.1. The van der Waals surface area contributed by atoms with Gasteiger partial charge in [-0.15, -0.1) is 0 Å². The van der Waals surface area contributed by atoms with Gasteiger partial charge in [0.05, 0.1) is 27.7 Å². The van der Waals surface area contributed by atoms with Gasteiger partial charge >= 0.3 is 0 Å². The summed E-state index contributed by atoms with van der Waals surface area (Å²) < 4.78 is 8.12. The minimum absolute atomic E-state index is 0.927. The van der Waals surface area contributed by atoms with E-state index in [0.29, 0.717) is 0 Å². The van der Waals surface area contributed by atoms with Crippen molar-refractivity contribution < 1.29 is 9.30 Å². The molecule has 1 aliphatic rings. The fourth-order valence-electron chi connectivity index (χ4n) is 2.64. The second kappa shape index (κ2) is 5.14. The van der Waals surface area contributed by atoms with Crippen molar-refractivity contribution in [1.82, 2.24) is 4.98 Å². The number of aromatic nitrogens is 2. The van der Waals surface area contributed by atoms with Gasteiger partial charge in [0, 0.05) is 0 Å². The number of fused-ring (bicyclic) bond motifs is 2. The summed E-state index contributed by atoms with van der Waals surface area (Å²) >= 11 is 1.75. The third-order valence-corrected chi connectivity index (χ3v) is 4.90. The predicted octanol–water partition coefficient (Wildman–Crippen LogP) is 4.14. The van der Waals surface area contributed by atoms with Crippen LogP contribution in [0.15, 0.2) is 64.8 Å². The molecule has 2 aromatic carbocycles. The van der Waals surface area contributed by atoms with Crippen LogP contribution in [0.25, 0.3) is 11.3 Å². The molecule has 0 N–H and O–H groups in total. The Bertz CT molecular complexity index is 877. The summed E-state index contributed by atoms with van der Waals surface area (Å²) in [6.45, 7) is 2.11. The lowest BCUT2D eigenvalue weighted by Crippen LogP contribution is -2.30. The minimum atomic E-state index is 0.927. The van der Waals surface area contributed by atoms with Crippen molar-refractivity contribution in [1.29, 1.82) is 0 Å². The molecule has 0 amide bonds. The highest BCUT2D eigenvalue weighted by molar-refractivity contribution is 7.99. The fraction of sp³-hybridized carbons (Fsp3) is 0.111. The number of ether oxygens (including phenoxy) is 1. The van der Waals surface area contributed by atoms with Crippen molar-refractivity contribution in [3.63, 3.8) is 0 Å². The van der Waals surface area contributed by atoms with Crippen molar-refractivity contribution in [2.24, 2.45) is 7.05 Å². The second-order valence-corrected chi connectivity index (χ2v) is 6.42. The third-order valence-electron chi connectivity index (χ3n) is 3.81. The summed E-state index contributed by atoms with van der Waals surface area (Å²) in [5.41, 5.74) is 3.47. The quantitative estimate of drug-likeness (QED) is 0.494. The molecule has 0 saturated heterocycles. The van der Waals surface area contributed by atoms with Crippen LogP contribution in [-0.2, 0) is 7.05 Å². The Kier molecular flexibility index (Phi) is 3.12. The Labute approximate surface area is 133 Å². The lowest BCUT2D eigenvalue weighted by Gasteiger charge is -2.20. The van der Waals surface area contributed by atoms with Crippen LogP contribution in [0.4, 0.5) is 0 Å². The molecule has 0 fully saturated rings. The van der Waals surface area contributed by atoms with E-state index >= 15 is 0 Å². The number of hydrogen-bond donors (Lipinski definition) is 0. The molecule has 108 valence electrons. The number of benzene rings is 2. The van der Waals surface area contributed by atoms with Crippen LogP contribution < -0.4 is 9.30 Å². The van der Waals surface area contributed by atoms with Crippen molar-refractivity contribution >= 4 is 11.8 Å². The van der Waals surface area contributed by atoms with Crippen molar-refractivity contribution in [3.05, 3.63) is 60.6 Å². The molecular weight excluding hydrogens is 292 g/mol. The van der Waals surface area contributed by atoms with E-state index in [1.807, 2.05) is 37.6 Å². The van der Waals surface area contributed by atoms with Gasteiger partial charge in [0.2, 0.25) is 5.69 Å². The average molecular weight is 307 g/mol. The number of rotatable bonds is 1. The summed E-state index contributed by atoms with van der Waals surface area (Å²) in [6.07, 6.45) is 5.66. The number of nitrogens with zero attached hydrogens (tertiary/aromatic N) is 2. The lowest BCUT2D eigenvalue weighted by molar-refractivity contribution is -0.660. The van der Waals surface area contributed by atoms with E-state index in [4.69, 9.17) is 4.74 Å². The first-order valence-corrected chi connectivity index (χ1v) is 7.93. The molecule has 22 heavy (non-hydrogen) atoms. The van der Waals surface area contributed by atoms with Crippen LogP contribution in [0, 0.1) is 6.92 Å². The van der Waals surface area contributed by atoms with E-state index in [1.165, 1.54) is 11.1 Å². The van der Waals surface area contributed by atoms with Crippen LogP contribution in [-0.4, -0.2) is 4.98 Å². The summed E-state index contributed by atoms with van der Waals surface area (Å²) in [7, 11) is 2.04. The Morgan fingerprint density at radius 2 is 1.95 bits per heavy atom. The molecule has 0 saturated carbocycles. The summed E-state index contributed by atoms with van der Waals surface area (Å²) in [5, 5.41) is 0. The summed E-state index contributed by atoms with van der Waals surface area (Å²) in [6, 6.07) is 12.4. The molecule has 3 aromatic rings. The van der Waals surface area contributed by atoms with Crippen LogP contribution in [0.1, 0.15) is 5.56 Å². The minimum Gasteiger partial charge on any atom is -0.455 e. The maximum absolute atomic E-state index is 6.04. The monoisotopic (exact) mass is 307 g/mol. The zero-order valence-corrected chi connectivity index (χ0v) is 13.2. The van der Waals surface area contributed by atoms with Crippen LogP contribution in [0.3, 0.4) is 0 Å². The number of hydrogen-bond acceptors (Lipinski definition) is 3. The maximum atomic E-state index is 6.04. The normalized spacial score (nSPS) is 12.3. The predicted molar refractivity (Wildman–Crippen MR) is 86.2 cm³/mol. The standard InChI is InChI=1S/C18H15N2OS/c1-12-9-16-18(22-17-6-4-3-5-15(17)21-16)10-13(12)14-11-19-7-8-20(14)2/h3-11H,1-2H3/q+1. The Morgan fingerprint density at radius 3 is 2.82 bits per heavy atom. The topological polar surface area (TPSA) is 26.0 Å². The Hall–Kier alpha value is -2.33. The highest BCUT2D eigenvalue weighted by Gasteiger charge is 2.21. The summed E-state index contributed by atoms with van der Waals surface area (Å²) in [4.78, 5) is 6.55. The van der Waals surface area contributed by atoms with Crippen molar-refractivity contribution in [3.8, 4) is 22.8 Å². The van der Waals surface area contributed by atoms with E-state index < -0.39 is 0 Å². The number of aryl methyl sites for hydroxylation is 2. The first-order chi connectivity index (χ1) is 10.7. The van der Waals surface area contributed by atoms with Crippen LogP contribution in [0.2, 0.25) is 0 Å². The molecule has 4 heteroatoms. The van der Waals surface area contributed by atoms with Gasteiger partial charge in [-0.25, -0.2) is 0 Å². The van der Waals surface area contributed by atoms with Gasteiger partial charge in [0.15, 0.2) is 6.20 Å². The van der Waals surface area contributed by atoms with Gasteiger partial charge in [-0.2, -0.15) is 4.57 Å². The molecular formula is C18H15N2OS+. The van der Waals surface area contributed by atoms with Gasteiger partial charge in [0.1, 0.15) is 18.5 Å². The molecule has 0 atom stereocenters. The molecule has 0 radical (unpaired) electrons. The van der Waals surface area contributed by atoms with Crippen molar-refractivity contribution in [2.45, 2.75) is 16.7 Å². The smallest absolute Gasteiger partial charge is 0.231 e. The van der Waals surface area contributed by atoms with E-state index in [1.54, 1.807) is 18.0 Å². The summed E-state index contributed by atoms with van der Waals surface area (Å²) in [5.74, 6) is 1.86. The van der Waals surface area contributed by atoms with E-state index in [2.05, 4.69) is 34.7 Å². The SMILES string of the molecule is Cc1cc2c(cc1-c1cncc[n+]1C)Sc1ccccc1O2. The van der Waals surface area contributed by atoms with Gasteiger partial charge in [-0.3, -0.25) is 4.98 Å². The largest absolute Gasteiger partial charge is 0.455 e. The molecule has 4 rings (SSSR count). The van der Waals surface area contributed by atoms with Gasteiger partial charge in [-0.1, -0.05) is 23.9 Å². The molecule has 3 nitrogen and oxygen atoms in total. The van der Waals surface area contributed by atoms with Crippen molar-refractivity contribution in [2.75, 3.05) is 0 Å². The molecule has 0 aliphatic carbocycles. The van der Waals surface area contributed by atoms with E-state index in [0.717, 1.165) is 27.0 Å². The zero-order valence-electron chi connectivity index (χ0n) is 12.4. The van der Waals surface area contributed by atoms with Gasteiger partial charge in [-0.05, 0) is 36.8 Å². The van der Waals surface area contributed by atoms with Gasteiger partial charge < -0.3 is 4.74 Å². The van der Waals surface area contributed by atoms with E-state index in [9.17, 15) is 0 Å².